The van der Waals surface area contributed by atoms with Gasteiger partial charge < -0.3 is 5.73 Å². The summed E-state index contributed by atoms with van der Waals surface area (Å²) in [4.78, 5) is 1.12. The third kappa shape index (κ3) is 3.47. The molecule has 0 spiro atoms. The van der Waals surface area contributed by atoms with Crippen LogP contribution in [-0.4, -0.2) is 0 Å². The maximum atomic E-state index is 6.16. The monoisotopic (exact) mass is 245 g/mol. The Morgan fingerprint density at radius 3 is 2.47 bits per heavy atom. The maximum Gasteiger partial charge on any atom is 0.0561 e. The molecule has 3 heteroatoms. The molecule has 2 atom stereocenters. The molecule has 0 saturated carbocycles. The third-order valence-electron chi connectivity index (χ3n) is 3.07. The van der Waals surface area contributed by atoms with Crippen LogP contribution in [0.2, 0.25) is 5.02 Å². The lowest BCUT2D eigenvalue weighted by Gasteiger charge is -2.29. The van der Waals surface area contributed by atoms with Gasteiger partial charge in [-0.2, -0.15) is 0 Å². The lowest BCUT2D eigenvalue weighted by molar-refractivity contribution is 0.234. The fourth-order valence-electron chi connectivity index (χ4n) is 1.41. The summed E-state index contributed by atoms with van der Waals surface area (Å²) in [7, 11) is 0. The van der Waals surface area contributed by atoms with E-state index in [1.54, 1.807) is 11.3 Å². The molecule has 1 aromatic rings. The first-order chi connectivity index (χ1) is 6.82. The average molecular weight is 246 g/mol. The Morgan fingerprint density at radius 1 is 1.47 bits per heavy atom. The number of hydrogen-bond acceptors (Lipinski definition) is 2. The predicted molar refractivity (Wildman–Crippen MR) is 69.5 cm³/mol. The molecular formula is C12H20ClNS. The Labute approximate surface area is 102 Å². The molecule has 15 heavy (non-hydrogen) atoms. The van der Waals surface area contributed by atoms with Gasteiger partial charge >= 0.3 is 0 Å². The van der Waals surface area contributed by atoms with Crippen LogP contribution in [0.1, 0.15) is 45.0 Å². The first-order valence-corrected chi connectivity index (χ1v) is 6.56. The van der Waals surface area contributed by atoms with Crippen molar-refractivity contribution in [3.63, 3.8) is 0 Å². The quantitative estimate of drug-likeness (QED) is 0.835. The standard InChI is InChI=1S/C12H20ClNS/c1-8(12(2,3)4)7-10(14)11-9(13)5-6-15-11/h5-6,8,10H,7,14H2,1-4H3. The molecule has 1 nitrogen and oxygen atoms in total. The lowest BCUT2D eigenvalue weighted by atomic mass is 9.78. The molecule has 0 saturated heterocycles. The smallest absolute Gasteiger partial charge is 0.0561 e. The molecule has 0 aliphatic heterocycles. The average Bonchev–Trinajstić information content (AvgIpc) is 2.49. The molecule has 86 valence electrons. The molecule has 0 aliphatic rings. The number of halogens is 1. The zero-order chi connectivity index (χ0) is 11.6. The first-order valence-electron chi connectivity index (χ1n) is 5.31. The van der Waals surface area contributed by atoms with E-state index >= 15 is 0 Å². The molecule has 1 aromatic heterocycles. The summed E-state index contributed by atoms with van der Waals surface area (Å²) in [6, 6.07) is 2.00. The molecule has 0 radical (unpaired) electrons. The van der Waals surface area contributed by atoms with Crippen LogP contribution in [0.3, 0.4) is 0 Å². The van der Waals surface area contributed by atoms with Gasteiger partial charge in [-0.3, -0.25) is 0 Å². The Morgan fingerprint density at radius 2 is 2.07 bits per heavy atom. The molecule has 0 aromatic carbocycles. The van der Waals surface area contributed by atoms with Crippen LogP contribution in [0.5, 0.6) is 0 Å². The van der Waals surface area contributed by atoms with E-state index < -0.39 is 0 Å². The van der Waals surface area contributed by atoms with E-state index in [0.29, 0.717) is 11.3 Å². The second-order valence-corrected chi connectivity index (χ2v) is 6.60. The van der Waals surface area contributed by atoms with Crippen LogP contribution in [-0.2, 0) is 0 Å². The summed E-state index contributed by atoms with van der Waals surface area (Å²) >= 11 is 7.72. The van der Waals surface area contributed by atoms with Crippen molar-refractivity contribution in [2.75, 3.05) is 0 Å². The van der Waals surface area contributed by atoms with E-state index in [0.717, 1.165) is 16.3 Å². The van der Waals surface area contributed by atoms with Gasteiger partial charge in [-0.25, -0.2) is 0 Å². The number of rotatable bonds is 3. The van der Waals surface area contributed by atoms with Gasteiger partial charge in [0.25, 0.3) is 0 Å². The Balaban J connectivity index is 2.64. The van der Waals surface area contributed by atoms with Gasteiger partial charge in [-0.05, 0) is 29.2 Å². The summed E-state index contributed by atoms with van der Waals surface area (Å²) in [5.74, 6) is 0.589. The zero-order valence-corrected chi connectivity index (χ0v) is 11.5. The van der Waals surface area contributed by atoms with E-state index in [9.17, 15) is 0 Å². The highest BCUT2D eigenvalue weighted by atomic mass is 35.5. The van der Waals surface area contributed by atoms with Gasteiger partial charge in [-0.15, -0.1) is 11.3 Å². The summed E-state index contributed by atoms with van der Waals surface area (Å²) in [5.41, 5.74) is 6.47. The molecule has 0 amide bonds. The fourth-order valence-corrected chi connectivity index (χ4v) is 2.63. The van der Waals surface area contributed by atoms with Gasteiger partial charge in [0.15, 0.2) is 0 Å². The van der Waals surface area contributed by atoms with Gasteiger partial charge in [0.1, 0.15) is 0 Å². The largest absolute Gasteiger partial charge is 0.323 e. The highest BCUT2D eigenvalue weighted by molar-refractivity contribution is 7.10. The van der Waals surface area contributed by atoms with Crippen molar-refractivity contribution in [2.24, 2.45) is 17.1 Å². The number of nitrogens with two attached hydrogens (primary N) is 1. The van der Waals surface area contributed by atoms with Crippen molar-refractivity contribution in [3.8, 4) is 0 Å². The van der Waals surface area contributed by atoms with Crippen molar-refractivity contribution in [3.05, 3.63) is 21.3 Å². The van der Waals surface area contributed by atoms with Crippen LogP contribution < -0.4 is 5.73 Å². The van der Waals surface area contributed by atoms with Crippen LogP contribution >= 0.6 is 22.9 Å². The first kappa shape index (κ1) is 13.0. The van der Waals surface area contributed by atoms with Gasteiger partial charge in [-0.1, -0.05) is 39.3 Å². The van der Waals surface area contributed by atoms with Gasteiger partial charge in [0.05, 0.1) is 5.02 Å². The maximum absolute atomic E-state index is 6.16. The SMILES string of the molecule is CC(CC(N)c1sccc1Cl)C(C)(C)C. The molecule has 0 aliphatic carbocycles. The van der Waals surface area contributed by atoms with Crippen molar-refractivity contribution in [2.45, 2.75) is 40.2 Å². The Kier molecular flexibility index (Phi) is 4.21. The van der Waals surface area contributed by atoms with Gasteiger partial charge in [0.2, 0.25) is 0 Å². The highest BCUT2D eigenvalue weighted by Gasteiger charge is 2.23. The van der Waals surface area contributed by atoms with Crippen molar-refractivity contribution in [1.82, 2.24) is 0 Å². The second-order valence-electron chi connectivity index (χ2n) is 5.24. The molecule has 1 heterocycles. The minimum absolute atomic E-state index is 0.0757. The zero-order valence-electron chi connectivity index (χ0n) is 9.88. The van der Waals surface area contributed by atoms with Crippen LogP contribution in [0.4, 0.5) is 0 Å². The predicted octanol–water partition coefficient (Wildman–Crippen LogP) is 4.47. The fraction of sp³-hybridized carbons (Fsp3) is 0.667. The van der Waals surface area contributed by atoms with Crippen LogP contribution in [0.15, 0.2) is 11.4 Å². The van der Waals surface area contributed by atoms with Crippen molar-refractivity contribution < 1.29 is 0 Å². The minimum Gasteiger partial charge on any atom is -0.323 e. The molecule has 2 unspecified atom stereocenters. The van der Waals surface area contributed by atoms with E-state index in [1.165, 1.54) is 0 Å². The van der Waals surface area contributed by atoms with E-state index in [4.69, 9.17) is 17.3 Å². The van der Waals surface area contributed by atoms with E-state index in [1.807, 2.05) is 11.4 Å². The molecule has 2 N–H and O–H groups in total. The Hall–Kier alpha value is -0.0500. The summed E-state index contributed by atoms with van der Waals surface area (Å²) in [5, 5.41) is 2.81. The highest BCUT2D eigenvalue weighted by Crippen LogP contribution is 2.36. The second kappa shape index (κ2) is 4.86. The summed E-state index contributed by atoms with van der Waals surface area (Å²) in [6.45, 7) is 9.00. The molecule has 0 fully saturated rings. The minimum atomic E-state index is 0.0757. The number of thiophene rings is 1. The van der Waals surface area contributed by atoms with E-state index in [2.05, 4.69) is 27.7 Å². The normalized spacial score (nSPS) is 16.4. The lowest BCUT2D eigenvalue weighted by Crippen LogP contribution is -2.22. The van der Waals surface area contributed by atoms with Crippen molar-refractivity contribution >= 4 is 22.9 Å². The summed E-state index contributed by atoms with van der Waals surface area (Å²) in [6.07, 6.45) is 0.990. The molecular weight excluding hydrogens is 226 g/mol. The molecule has 0 bridgehead atoms. The van der Waals surface area contributed by atoms with E-state index in [-0.39, 0.29) is 6.04 Å². The van der Waals surface area contributed by atoms with Gasteiger partial charge in [0, 0.05) is 10.9 Å². The topological polar surface area (TPSA) is 26.0 Å². The molecule has 1 rings (SSSR count). The Bertz CT molecular complexity index is 314. The summed E-state index contributed by atoms with van der Waals surface area (Å²) < 4.78 is 0. The van der Waals surface area contributed by atoms with Crippen LogP contribution in [0.25, 0.3) is 0 Å². The van der Waals surface area contributed by atoms with Crippen molar-refractivity contribution in [1.29, 1.82) is 0 Å². The van der Waals surface area contributed by atoms with Crippen LogP contribution in [0, 0.1) is 11.3 Å². The third-order valence-corrected chi connectivity index (χ3v) is 4.56. The number of hydrogen-bond donors (Lipinski definition) is 1.